The summed E-state index contributed by atoms with van der Waals surface area (Å²) in [7, 11) is -7.18. The van der Waals surface area contributed by atoms with Crippen molar-refractivity contribution in [1.29, 1.82) is 0 Å². The van der Waals surface area contributed by atoms with Crippen LogP contribution < -0.4 is 10.3 Å². The Morgan fingerprint density at radius 3 is 1.41 bits per heavy atom. The van der Waals surface area contributed by atoms with Crippen LogP contribution in [0.25, 0.3) is 0 Å². The van der Waals surface area contributed by atoms with E-state index in [-0.39, 0.29) is 9.79 Å². The van der Waals surface area contributed by atoms with Crippen molar-refractivity contribution < 1.29 is 16.8 Å². The molecule has 0 fully saturated rings. The van der Waals surface area contributed by atoms with Crippen LogP contribution >= 0.6 is 31.9 Å². The van der Waals surface area contributed by atoms with Gasteiger partial charge in [0.05, 0.1) is 9.79 Å². The zero-order valence-corrected chi connectivity index (χ0v) is 32.1. The summed E-state index contributed by atoms with van der Waals surface area (Å²) in [6.45, 7) is 17.4. The Hall–Kier alpha value is -1.56. The fourth-order valence-electron chi connectivity index (χ4n) is 4.50. The van der Waals surface area contributed by atoms with Crippen LogP contribution in [0.15, 0.2) is 79.4 Å². The van der Waals surface area contributed by atoms with Gasteiger partial charge >= 0.3 is 0 Å². The van der Waals surface area contributed by atoms with Gasteiger partial charge in [-0.05, 0) is 102 Å². The predicted molar refractivity (Wildman–Crippen MR) is 192 cm³/mol. The van der Waals surface area contributed by atoms with E-state index in [1.165, 1.54) is 34.2 Å². The standard InChI is InChI=1S/C14H22BrNO2S.C14H21Br.C6H7NO2S/c1-9(2)5-11-8-14(19(16,17)18)12(6-10(3)4)7-13(11)15;1-10(2)7-12-5-6-13(8-11(3)4)14(15)9-12;7-10(8,9)6-4-2-1-3-5-6/h7-10H,5-6H2,1-4H3,(H2,16,17,18);5-6,9-11H,7-8H2,1-4H3;1-5H,(H2,7,8,9). The molecule has 0 aliphatic carbocycles. The second-order valence-electron chi connectivity index (χ2n) is 12.8. The van der Waals surface area contributed by atoms with Gasteiger partial charge in [0.1, 0.15) is 0 Å². The molecule has 0 amide bonds. The maximum Gasteiger partial charge on any atom is 0.238 e. The van der Waals surface area contributed by atoms with Crippen molar-refractivity contribution >= 4 is 51.9 Å². The molecule has 10 heteroatoms. The lowest BCUT2D eigenvalue weighted by Gasteiger charge is -2.15. The lowest BCUT2D eigenvalue weighted by Crippen LogP contribution is -2.16. The minimum Gasteiger partial charge on any atom is -0.225 e. The third kappa shape index (κ3) is 15.6. The number of sulfonamides is 2. The molecular formula is C34H50Br2N2O4S2. The fraction of sp³-hybridized carbons (Fsp3) is 0.471. The zero-order valence-electron chi connectivity index (χ0n) is 27.3. The summed E-state index contributed by atoms with van der Waals surface area (Å²) in [4.78, 5) is 0.412. The third-order valence-electron chi connectivity index (χ3n) is 6.25. The molecule has 0 spiro atoms. The number of halogens is 2. The minimum absolute atomic E-state index is 0.148. The average molecular weight is 775 g/mol. The summed E-state index contributed by atoms with van der Waals surface area (Å²) >= 11 is 7.20. The predicted octanol–water partition coefficient (Wildman–Crippen LogP) is 8.67. The van der Waals surface area contributed by atoms with Gasteiger partial charge in [0, 0.05) is 8.95 Å². The topological polar surface area (TPSA) is 120 Å². The van der Waals surface area contributed by atoms with Crippen LogP contribution in [0.1, 0.15) is 77.6 Å². The molecule has 0 unspecified atom stereocenters. The number of rotatable bonds is 10. The summed E-state index contributed by atoms with van der Waals surface area (Å²) in [6, 6.07) is 18.3. The van der Waals surface area contributed by atoms with Crippen LogP contribution in [0.3, 0.4) is 0 Å². The van der Waals surface area contributed by atoms with Crippen LogP contribution in [0.4, 0.5) is 0 Å². The first kappa shape index (κ1) is 40.5. The molecule has 0 radical (unpaired) electrons. The summed E-state index contributed by atoms with van der Waals surface area (Å²) < 4.78 is 47.0. The molecule has 4 N–H and O–H groups in total. The van der Waals surface area contributed by atoms with Crippen molar-refractivity contribution in [2.24, 2.45) is 33.9 Å². The van der Waals surface area contributed by atoms with Gasteiger partial charge in [-0.1, -0.05) is 118 Å². The van der Waals surface area contributed by atoms with Gasteiger partial charge < -0.3 is 0 Å². The van der Waals surface area contributed by atoms with E-state index in [0.29, 0.717) is 18.3 Å². The van der Waals surface area contributed by atoms with Gasteiger partial charge in [0.2, 0.25) is 20.0 Å². The van der Waals surface area contributed by atoms with Crippen molar-refractivity contribution in [3.05, 3.63) is 91.9 Å². The van der Waals surface area contributed by atoms with Gasteiger partial charge in [-0.3, -0.25) is 0 Å². The Labute approximate surface area is 283 Å². The molecule has 3 rings (SSSR count). The van der Waals surface area contributed by atoms with Gasteiger partial charge in [0.15, 0.2) is 0 Å². The van der Waals surface area contributed by atoms with Gasteiger partial charge in [-0.15, -0.1) is 0 Å². The van der Waals surface area contributed by atoms with Gasteiger partial charge in [0.25, 0.3) is 0 Å². The van der Waals surface area contributed by atoms with E-state index in [2.05, 4.69) is 105 Å². The molecule has 3 aromatic carbocycles. The van der Waals surface area contributed by atoms with Crippen molar-refractivity contribution in [3.63, 3.8) is 0 Å². The molecular weight excluding hydrogens is 724 g/mol. The van der Waals surface area contributed by atoms with Gasteiger partial charge in [-0.2, -0.15) is 0 Å². The lowest BCUT2D eigenvalue weighted by atomic mass is 9.98. The van der Waals surface area contributed by atoms with Crippen LogP contribution in [0.2, 0.25) is 0 Å². The molecule has 6 nitrogen and oxygen atoms in total. The first-order valence-corrected chi connectivity index (χ1v) is 19.6. The first-order chi connectivity index (χ1) is 20.2. The Morgan fingerprint density at radius 2 is 1.00 bits per heavy atom. The van der Waals surface area contributed by atoms with Gasteiger partial charge in [-0.25, -0.2) is 27.1 Å². The summed E-state index contributed by atoms with van der Waals surface area (Å²) in [6.07, 6.45) is 3.85. The minimum atomic E-state index is -3.67. The van der Waals surface area contributed by atoms with Crippen molar-refractivity contribution in [1.82, 2.24) is 0 Å². The molecule has 0 aliphatic rings. The molecule has 3 aromatic rings. The smallest absolute Gasteiger partial charge is 0.225 e. The summed E-state index contributed by atoms with van der Waals surface area (Å²) in [5.41, 5.74) is 4.64. The normalized spacial score (nSPS) is 11.8. The van der Waals surface area contributed by atoms with Crippen LogP contribution in [0, 0.1) is 23.7 Å². The zero-order chi connectivity index (χ0) is 33.8. The molecule has 0 saturated heterocycles. The molecule has 0 aliphatic heterocycles. The van der Waals surface area contributed by atoms with Crippen molar-refractivity contribution in [3.8, 4) is 0 Å². The molecule has 246 valence electrons. The third-order valence-corrected chi connectivity index (χ3v) is 9.65. The Bertz CT molecular complexity index is 1540. The van der Waals surface area contributed by atoms with Crippen LogP contribution in [-0.4, -0.2) is 16.8 Å². The monoisotopic (exact) mass is 772 g/mol. The largest absolute Gasteiger partial charge is 0.238 e. The maximum atomic E-state index is 11.7. The molecule has 0 aromatic heterocycles. The Balaban J connectivity index is 0.000000346. The number of nitrogens with two attached hydrogens (primary N) is 2. The SMILES string of the molecule is CC(C)Cc1cc(S(N)(=O)=O)c(CC(C)C)cc1Br.CC(C)Cc1ccc(CC(C)C)c(Br)c1.NS(=O)(=O)c1ccccc1. The van der Waals surface area contributed by atoms with Crippen molar-refractivity contribution in [2.75, 3.05) is 0 Å². The highest BCUT2D eigenvalue weighted by atomic mass is 79.9. The molecule has 0 heterocycles. The van der Waals surface area contributed by atoms with E-state index in [0.717, 1.165) is 40.3 Å². The molecule has 0 saturated carbocycles. The van der Waals surface area contributed by atoms with E-state index in [4.69, 9.17) is 10.3 Å². The second kappa shape index (κ2) is 18.6. The Morgan fingerprint density at radius 1 is 0.545 bits per heavy atom. The molecule has 0 bridgehead atoms. The second-order valence-corrected chi connectivity index (χ2v) is 17.6. The quantitative estimate of drug-likeness (QED) is 0.214. The number of hydrogen-bond donors (Lipinski definition) is 2. The van der Waals surface area contributed by atoms with Crippen LogP contribution in [0.5, 0.6) is 0 Å². The highest BCUT2D eigenvalue weighted by molar-refractivity contribution is 9.10. The number of benzene rings is 3. The lowest BCUT2D eigenvalue weighted by molar-refractivity contribution is 0.590. The summed E-state index contributed by atoms with van der Waals surface area (Å²) in [5, 5.41) is 10.2. The first-order valence-electron chi connectivity index (χ1n) is 14.9. The van der Waals surface area contributed by atoms with E-state index in [1.807, 2.05) is 6.07 Å². The maximum absolute atomic E-state index is 11.7. The highest BCUT2D eigenvalue weighted by Crippen LogP contribution is 2.28. The molecule has 44 heavy (non-hydrogen) atoms. The Kier molecular flexibility index (Phi) is 17.1. The highest BCUT2D eigenvalue weighted by Gasteiger charge is 2.18. The van der Waals surface area contributed by atoms with E-state index < -0.39 is 20.0 Å². The van der Waals surface area contributed by atoms with E-state index in [1.54, 1.807) is 24.3 Å². The summed E-state index contributed by atoms with van der Waals surface area (Å²) in [5.74, 6) is 2.29. The molecule has 0 atom stereocenters. The van der Waals surface area contributed by atoms with E-state index >= 15 is 0 Å². The number of hydrogen-bond acceptors (Lipinski definition) is 4. The fourth-order valence-corrected chi connectivity index (χ4v) is 6.99. The van der Waals surface area contributed by atoms with Crippen LogP contribution in [-0.2, 0) is 45.7 Å². The van der Waals surface area contributed by atoms with E-state index in [9.17, 15) is 16.8 Å². The van der Waals surface area contributed by atoms with Crippen molar-refractivity contribution in [2.45, 2.75) is 90.9 Å². The average Bonchev–Trinajstić information content (AvgIpc) is 2.86. The number of primary sulfonamides is 2.